The molecule has 106 valence electrons. The van der Waals surface area contributed by atoms with Gasteiger partial charge < -0.3 is 5.73 Å². The van der Waals surface area contributed by atoms with Gasteiger partial charge in [0.1, 0.15) is 0 Å². The van der Waals surface area contributed by atoms with E-state index in [2.05, 4.69) is 26.1 Å². The molecule has 3 nitrogen and oxygen atoms in total. The third kappa shape index (κ3) is 2.69. The van der Waals surface area contributed by atoms with E-state index in [0.29, 0.717) is 10.8 Å². The predicted molar refractivity (Wildman–Crippen MR) is 91.3 cm³/mol. The van der Waals surface area contributed by atoms with Crippen LogP contribution in [-0.4, -0.2) is 10.2 Å². The molecule has 1 heterocycles. The van der Waals surface area contributed by atoms with Gasteiger partial charge in [0.2, 0.25) is 0 Å². The van der Waals surface area contributed by atoms with Crippen LogP contribution >= 0.6 is 27.5 Å². The van der Waals surface area contributed by atoms with Crippen LogP contribution in [0.25, 0.3) is 22.4 Å². The zero-order chi connectivity index (χ0) is 15.0. The summed E-state index contributed by atoms with van der Waals surface area (Å²) in [6.45, 7) is 2.01. The van der Waals surface area contributed by atoms with E-state index in [0.717, 1.165) is 32.4 Å². The van der Waals surface area contributed by atoms with Crippen molar-refractivity contribution in [2.24, 2.45) is 0 Å². The highest BCUT2D eigenvalue weighted by molar-refractivity contribution is 9.10. The van der Waals surface area contributed by atoms with Crippen molar-refractivity contribution in [1.82, 2.24) is 10.2 Å². The van der Waals surface area contributed by atoms with Gasteiger partial charge in [0.15, 0.2) is 5.82 Å². The van der Waals surface area contributed by atoms with Crippen molar-refractivity contribution in [3.8, 4) is 22.4 Å². The van der Waals surface area contributed by atoms with Crippen molar-refractivity contribution in [2.75, 3.05) is 5.73 Å². The number of nitrogen functional groups attached to an aromatic ring is 1. The third-order valence-corrected chi connectivity index (χ3v) is 4.11. The molecule has 0 aliphatic heterocycles. The highest BCUT2D eigenvalue weighted by atomic mass is 79.9. The molecule has 0 saturated heterocycles. The maximum atomic E-state index is 6.37. The van der Waals surface area contributed by atoms with Crippen LogP contribution in [0.2, 0.25) is 5.02 Å². The van der Waals surface area contributed by atoms with Gasteiger partial charge in [0.25, 0.3) is 0 Å². The minimum absolute atomic E-state index is 0.458. The topological polar surface area (TPSA) is 54.7 Å². The summed E-state index contributed by atoms with van der Waals surface area (Å²) >= 11 is 9.85. The summed E-state index contributed by atoms with van der Waals surface area (Å²) in [7, 11) is 0. The van der Waals surface area contributed by atoms with Crippen LogP contribution in [0.1, 0.15) is 5.56 Å². The Balaban J connectivity index is 2.22. The van der Waals surface area contributed by atoms with Gasteiger partial charge in [-0.25, -0.2) is 0 Å². The number of aromatic amines is 1. The van der Waals surface area contributed by atoms with Crippen LogP contribution in [0.15, 0.2) is 46.9 Å². The first-order valence-electron chi connectivity index (χ1n) is 6.42. The van der Waals surface area contributed by atoms with Gasteiger partial charge in [-0.1, -0.05) is 51.8 Å². The van der Waals surface area contributed by atoms with E-state index in [1.807, 2.05) is 49.4 Å². The molecule has 3 N–H and O–H groups in total. The molecule has 0 unspecified atom stereocenters. The van der Waals surface area contributed by atoms with Crippen molar-refractivity contribution in [3.63, 3.8) is 0 Å². The third-order valence-electron chi connectivity index (χ3n) is 3.30. The zero-order valence-corrected chi connectivity index (χ0v) is 13.7. The molecular weight excluding hydrogens is 350 g/mol. The van der Waals surface area contributed by atoms with Crippen LogP contribution in [0.3, 0.4) is 0 Å². The second-order valence-electron chi connectivity index (χ2n) is 4.85. The van der Waals surface area contributed by atoms with Crippen LogP contribution in [0.5, 0.6) is 0 Å². The molecule has 0 saturated carbocycles. The van der Waals surface area contributed by atoms with E-state index in [1.54, 1.807) is 0 Å². The molecule has 1 aromatic heterocycles. The lowest BCUT2D eigenvalue weighted by atomic mass is 10.00. The number of anilines is 1. The molecule has 0 amide bonds. The molecule has 0 bridgehead atoms. The smallest absolute Gasteiger partial charge is 0.153 e. The number of halogens is 2. The molecule has 0 radical (unpaired) electrons. The number of aryl methyl sites for hydroxylation is 1. The van der Waals surface area contributed by atoms with E-state index in [1.165, 1.54) is 0 Å². The largest absolute Gasteiger partial charge is 0.382 e. The first kappa shape index (κ1) is 14.2. The summed E-state index contributed by atoms with van der Waals surface area (Å²) < 4.78 is 0.988. The van der Waals surface area contributed by atoms with Crippen molar-refractivity contribution < 1.29 is 0 Å². The van der Waals surface area contributed by atoms with Gasteiger partial charge in [-0.2, -0.15) is 5.10 Å². The molecule has 0 aliphatic carbocycles. The number of hydrogen-bond donors (Lipinski definition) is 2. The Morgan fingerprint density at radius 3 is 2.71 bits per heavy atom. The molecule has 3 aromatic rings. The average molecular weight is 363 g/mol. The second-order valence-corrected chi connectivity index (χ2v) is 6.18. The average Bonchev–Trinajstić information content (AvgIpc) is 2.80. The van der Waals surface area contributed by atoms with E-state index in [-0.39, 0.29) is 0 Å². The van der Waals surface area contributed by atoms with Gasteiger partial charge in [-0.05, 0) is 36.2 Å². The van der Waals surface area contributed by atoms with E-state index >= 15 is 0 Å². The Bertz CT molecular complexity index is 811. The Morgan fingerprint density at radius 2 is 2.00 bits per heavy atom. The predicted octanol–water partition coefficient (Wildman–Crippen LogP) is 5.05. The van der Waals surface area contributed by atoms with Gasteiger partial charge in [-0.3, -0.25) is 5.10 Å². The number of nitrogens with one attached hydrogen (secondary N) is 1. The number of aromatic nitrogens is 2. The van der Waals surface area contributed by atoms with Crippen LogP contribution in [0.4, 0.5) is 5.82 Å². The van der Waals surface area contributed by atoms with Crippen LogP contribution in [0, 0.1) is 6.92 Å². The minimum Gasteiger partial charge on any atom is -0.382 e. The Morgan fingerprint density at radius 1 is 1.19 bits per heavy atom. The Kier molecular flexibility index (Phi) is 3.74. The van der Waals surface area contributed by atoms with Crippen molar-refractivity contribution in [1.29, 1.82) is 0 Å². The minimum atomic E-state index is 0.458. The highest BCUT2D eigenvalue weighted by Crippen LogP contribution is 2.38. The quantitative estimate of drug-likeness (QED) is 0.670. The molecule has 3 rings (SSSR count). The lowest BCUT2D eigenvalue weighted by Crippen LogP contribution is -1.89. The van der Waals surface area contributed by atoms with E-state index in [9.17, 15) is 0 Å². The van der Waals surface area contributed by atoms with Crippen LogP contribution in [-0.2, 0) is 0 Å². The first-order valence-corrected chi connectivity index (χ1v) is 7.59. The molecule has 5 heteroatoms. The van der Waals surface area contributed by atoms with Crippen molar-refractivity contribution in [3.05, 3.63) is 57.5 Å². The van der Waals surface area contributed by atoms with Crippen LogP contribution < -0.4 is 5.73 Å². The van der Waals surface area contributed by atoms with Crippen molar-refractivity contribution >= 4 is 33.3 Å². The highest BCUT2D eigenvalue weighted by Gasteiger charge is 2.17. The molecular formula is C16H13BrClN3. The molecule has 0 atom stereocenters. The van der Waals surface area contributed by atoms with Gasteiger partial charge in [-0.15, -0.1) is 0 Å². The molecule has 0 spiro atoms. The monoisotopic (exact) mass is 361 g/mol. The van der Waals surface area contributed by atoms with E-state index in [4.69, 9.17) is 17.3 Å². The number of H-pyrrole nitrogens is 1. The first-order chi connectivity index (χ1) is 10.1. The lowest BCUT2D eigenvalue weighted by molar-refractivity contribution is 1.10. The normalized spacial score (nSPS) is 10.8. The number of nitrogens with two attached hydrogens (primary N) is 1. The summed E-state index contributed by atoms with van der Waals surface area (Å²) in [6.07, 6.45) is 0. The van der Waals surface area contributed by atoms with Gasteiger partial charge >= 0.3 is 0 Å². The Hall–Kier alpha value is -1.78. The van der Waals surface area contributed by atoms with Crippen molar-refractivity contribution in [2.45, 2.75) is 6.92 Å². The maximum absolute atomic E-state index is 6.37. The summed E-state index contributed by atoms with van der Waals surface area (Å²) in [4.78, 5) is 0. The fourth-order valence-electron chi connectivity index (χ4n) is 2.31. The maximum Gasteiger partial charge on any atom is 0.153 e. The number of hydrogen-bond acceptors (Lipinski definition) is 2. The Labute approximate surface area is 136 Å². The fraction of sp³-hybridized carbons (Fsp3) is 0.0625. The second kappa shape index (κ2) is 5.54. The van der Waals surface area contributed by atoms with Gasteiger partial charge in [0.05, 0.1) is 16.3 Å². The number of rotatable bonds is 2. The molecule has 0 fully saturated rings. The summed E-state index contributed by atoms with van der Waals surface area (Å²) in [5.74, 6) is 0.458. The fourth-order valence-corrected chi connectivity index (χ4v) is 3.04. The summed E-state index contributed by atoms with van der Waals surface area (Å²) in [6, 6.07) is 13.9. The van der Waals surface area contributed by atoms with E-state index < -0.39 is 0 Å². The zero-order valence-electron chi connectivity index (χ0n) is 11.3. The summed E-state index contributed by atoms with van der Waals surface area (Å²) in [5, 5.41) is 7.81. The number of benzene rings is 2. The molecule has 2 aromatic carbocycles. The van der Waals surface area contributed by atoms with Gasteiger partial charge in [0, 0.05) is 10.0 Å². The lowest BCUT2D eigenvalue weighted by Gasteiger charge is -2.08. The molecule has 21 heavy (non-hydrogen) atoms. The summed E-state index contributed by atoms with van der Waals surface area (Å²) in [5.41, 5.74) is 10.7. The molecule has 0 aliphatic rings. The number of nitrogens with zero attached hydrogens (tertiary/aromatic N) is 1. The standard InChI is InChI=1S/C16H13BrClN3/c1-9-5-6-12(13(18)7-9)15-14(16(19)21-20-15)10-3-2-4-11(17)8-10/h2-8H,1H3,(H3,19,20,21). The SMILES string of the molecule is Cc1ccc(-c2[nH]nc(N)c2-c2cccc(Br)c2)c(Cl)c1.